The van der Waals surface area contributed by atoms with Crippen LogP contribution >= 0.6 is 23.2 Å². The van der Waals surface area contributed by atoms with Crippen LogP contribution in [-0.2, 0) is 47.6 Å². The van der Waals surface area contributed by atoms with Crippen molar-refractivity contribution in [3.05, 3.63) is 115 Å². The van der Waals surface area contributed by atoms with Crippen LogP contribution in [0.2, 0.25) is 10.0 Å². The Labute approximate surface area is 394 Å². The molecule has 0 spiro atoms. The molecular formula is C46H58Cl2N6O12. The molecule has 358 valence electrons. The highest BCUT2D eigenvalue weighted by atomic mass is 35.5. The average Bonchev–Trinajstić information content (AvgIpc) is 3.29. The minimum atomic E-state index is -0.883. The first-order valence-corrected chi connectivity index (χ1v) is 22.1. The molecule has 66 heavy (non-hydrogen) atoms. The summed E-state index contributed by atoms with van der Waals surface area (Å²) in [5, 5.41) is 17.9. The van der Waals surface area contributed by atoms with E-state index < -0.39 is 47.8 Å². The summed E-state index contributed by atoms with van der Waals surface area (Å²) in [6.45, 7) is 8.04. The van der Waals surface area contributed by atoms with Gasteiger partial charge in [0.25, 0.3) is 0 Å². The third-order valence-electron chi connectivity index (χ3n) is 10.3. The molecule has 2 unspecified atom stereocenters. The van der Waals surface area contributed by atoms with Gasteiger partial charge in [0.15, 0.2) is 0 Å². The summed E-state index contributed by atoms with van der Waals surface area (Å²) >= 11 is 13.1. The lowest BCUT2D eigenvalue weighted by Crippen LogP contribution is -2.39. The Kier molecular flexibility index (Phi) is 21.3. The second-order valence-corrected chi connectivity index (χ2v) is 15.4. The number of rotatable bonds is 23. The number of benzene rings is 2. The number of halogens is 2. The molecular weight excluding hydrogens is 899 g/mol. The van der Waals surface area contributed by atoms with Gasteiger partial charge in [-0.2, -0.15) is 0 Å². The summed E-state index contributed by atoms with van der Waals surface area (Å²) in [5.41, 5.74) is 3.47. The molecule has 2 atom stereocenters. The van der Waals surface area contributed by atoms with Gasteiger partial charge in [0.05, 0.1) is 99.4 Å². The highest BCUT2D eigenvalue weighted by molar-refractivity contribution is 6.32. The highest BCUT2D eigenvalue weighted by Crippen LogP contribution is 2.43. The van der Waals surface area contributed by atoms with E-state index in [0.717, 1.165) is 0 Å². The van der Waals surface area contributed by atoms with Gasteiger partial charge in [0.2, 0.25) is 0 Å². The van der Waals surface area contributed by atoms with Crippen molar-refractivity contribution in [2.24, 2.45) is 0 Å². The number of hydrogen-bond donors (Lipinski definition) is 6. The van der Waals surface area contributed by atoms with E-state index in [2.05, 4.69) is 31.9 Å². The summed E-state index contributed by atoms with van der Waals surface area (Å²) in [4.78, 5) is 77.5. The van der Waals surface area contributed by atoms with E-state index in [4.69, 9.17) is 51.6 Å². The number of ether oxygens (including phenoxy) is 6. The first-order chi connectivity index (χ1) is 31.8. The zero-order valence-corrected chi connectivity index (χ0v) is 39.4. The van der Waals surface area contributed by atoms with Crippen LogP contribution in [0.1, 0.15) is 63.5 Å². The van der Waals surface area contributed by atoms with E-state index in [1.165, 1.54) is 14.2 Å². The topological polar surface area (TPSA) is 230 Å². The van der Waals surface area contributed by atoms with E-state index in [-0.39, 0.29) is 75.0 Å². The van der Waals surface area contributed by atoms with E-state index in [1.54, 1.807) is 76.2 Å². The lowest BCUT2D eigenvalue weighted by Gasteiger charge is -2.31. The molecule has 20 heteroatoms. The van der Waals surface area contributed by atoms with Crippen LogP contribution in [0, 0.1) is 0 Å². The SMILES string of the molecule is CCOC(=O)C1=C(COCCNC(=O)NCCCCNC(=O)NCCOCC2=C(C(=O)OCC)C(c3ccccc3Cl)C(C(=O)OC)=C(C)N2)NC(C)=C(C(=O)OC)C1c1ccccc1Cl. The number of amides is 4. The highest BCUT2D eigenvalue weighted by Gasteiger charge is 2.41. The minimum Gasteiger partial charge on any atom is -0.466 e. The number of carbonyl (C=O) groups is 6. The van der Waals surface area contributed by atoms with E-state index in [0.29, 0.717) is 69.9 Å². The van der Waals surface area contributed by atoms with Crippen LogP contribution < -0.4 is 31.9 Å². The van der Waals surface area contributed by atoms with E-state index in [1.807, 2.05) is 0 Å². The first-order valence-electron chi connectivity index (χ1n) is 21.4. The van der Waals surface area contributed by atoms with Crippen molar-refractivity contribution in [3.8, 4) is 0 Å². The molecule has 0 saturated carbocycles. The van der Waals surface area contributed by atoms with Gasteiger partial charge in [-0.15, -0.1) is 0 Å². The standard InChI is InChI=1S/C46H58Cl2N6O12/c1-7-65-43(57)39-33(53-27(3)35(41(55)61-5)37(39)29-15-9-11-17-31(29)47)25-63-23-21-51-45(59)49-19-13-14-20-50-46(60)52-22-24-64-26-34-40(44(58)66-8-2)38(30-16-10-12-18-32(30)48)36(28(4)54-34)42(56)62-6/h9-12,15-18,37-38,53-54H,7-8,13-14,19-26H2,1-6H3,(H2,49,51,59)(H2,50,52,60). The van der Waals surface area contributed by atoms with Crippen molar-refractivity contribution in [1.82, 2.24) is 31.9 Å². The van der Waals surface area contributed by atoms with Gasteiger partial charge in [0.1, 0.15) is 0 Å². The summed E-state index contributed by atoms with van der Waals surface area (Å²) in [7, 11) is 2.52. The van der Waals surface area contributed by atoms with Gasteiger partial charge in [-0.05, 0) is 63.8 Å². The number of nitrogens with one attached hydrogen (secondary N) is 6. The van der Waals surface area contributed by atoms with Crippen LogP contribution in [0.4, 0.5) is 9.59 Å². The number of hydrogen-bond acceptors (Lipinski definition) is 14. The monoisotopic (exact) mass is 956 g/mol. The maximum atomic E-state index is 13.4. The Morgan fingerprint density at radius 2 is 0.909 bits per heavy atom. The molecule has 6 N–H and O–H groups in total. The number of allylic oxidation sites excluding steroid dienone is 2. The Morgan fingerprint density at radius 1 is 0.545 bits per heavy atom. The predicted octanol–water partition coefficient (Wildman–Crippen LogP) is 5.01. The van der Waals surface area contributed by atoms with Gasteiger partial charge in [-0.3, -0.25) is 0 Å². The lowest BCUT2D eigenvalue weighted by molar-refractivity contribution is -0.140. The number of carbonyl (C=O) groups excluding carboxylic acids is 6. The molecule has 0 aliphatic carbocycles. The van der Waals surface area contributed by atoms with Crippen molar-refractivity contribution in [2.45, 2.75) is 52.4 Å². The van der Waals surface area contributed by atoms with Gasteiger partial charge in [0, 0.05) is 47.6 Å². The molecule has 0 saturated heterocycles. The Balaban J connectivity index is 1.17. The quantitative estimate of drug-likeness (QED) is 0.0489. The zero-order valence-electron chi connectivity index (χ0n) is 37.9. The molecule has 0 radical (unpaired) electrons. The summed E-state index contributed by atoms with van der Waals surface area (Å²) in [6.07, 6.45) is 1.17. The molecule has 0 aromatic heterocycles. The molecule has 4 rings (SSSR count). The van der Waals surface area contributed by atoms with Crippen molar-refractivity contribution >= 4 is 59.1 Å². The minimum absolute atomic E-state index is 0.0604. The van der Waals surface area contributed by atoms with Crippen LogP contribution in [0.25, 0.3) is 0 Å². The molecule has 2 aromatic rings. The molecule has 4 amide bonds. The smallest absolute Gasteiger partial charge is 0.336 e. The molecule has 2 aliphatic rings. The van der Waals surface area contributed by atoms with Crippen molar-refractivity contribution < 1.29 is 57.2 Å². The lowest BCUT2D eigenvalue weighted by atomic mass is 9.80. The largest absolute Gasteiger partial charge is 0.466 e. The zero-order chi connectivity index (χ0) is 48.2. The number of esters is 4. The molecule has 2 heterocycles. The van der Waals surface area contributed by atoms with E-state index >= 15 is 0 Å². The summed E-state index contributed by atoms with van der Waals surface area (Å²) in [6, 6.07) is 13.0. The number of urea groups is 2. The predicted molar refractivity (Wildman–Crippen MR) is 245 cm³/mol. The first kappa shape index (κ1) is 52.5. The van der Waals surface area contributed by atoms with Gasteiger partial charge in [-0.1, -0.05) is 59.6 Å². The maximum Gasteiger partial charge on any atom is 0.336 e. The Bertz CT molecular complexity index is 2070. The van der Waals surface area contributed by atoms with Crippen molar-refractivity contribution in [3.63, 3.8) is 0 Å². The molecule has 18 nitrogen and oxygen atoms in total. The van der Waals surface area contributed by atoms with Crippen LogP contribution in [-0.4, -0.2) is 116 Å². The Hall–Kier alpha value is -6.08. The average molecular weight is 958 g/mol. The number of dihydropyridines is 2. The fourth-order valence-corrected chi connectivity index (χ4v) is 7.81. The van der Waals surface area contributed by atoms with E-state index in [9.17, 15) is 28.8 Å². The molecule has 0 bridgehead atoms. The molecule has 2 aromatic carbocycles. The normalized spacial score (nSPS) is 15.9. The summed E-state index contributed by atoms with van der Waals surface area (Å²) < 4.78 is 32.6. The molecule has 2 aliphatic heterocycles. The van der Waals surface area contributed by atoms with Crippen LogP contribution in [0.5, 0.6) is 0 Å². The van der Waals surface area contributed by atoms with Gasteiger partial charge in [-0.25, -0.2) is 28.8 Å². The number of unbranched alkanes of at least 4 members (excludes halogenated alkanes) is 1. The van der Waals surface area contributed by atoms with Crippen molar-refractivity contribution in [1.29, 1.82) is 0 Å². The number of methoxy groups -OCH3 is 2. The molecule has 0 fully saturated rings. The second-order valence-electron chi connectivity index (χ2n) is 14.6. The van der Waals surface area contributed by atoms with Gasteiger partial charge >= 0.3 is 35.9 Å². The summed E-state index contributed by atoms with van der Waals surface area (Å²) in [5.74, 6) is -4.32. The third kappa shape index (κ3) is 14.2. The van der Waals surface area contributed by atoms with Crippen LogP contribution in [0.15, 0.2) is 93.6 Å². The fraction of sp³-hybridized carbons (Fsp3) is 0.435. The second kappa shape index (κ2) is 26.8. The maximum absolute atomic E-state index is 13.4. The van der Waals surface area contributed by atoms with Gasteiger partial charge < -0.3 is 60.3 Å². The Morgan fingerprint density at radius 3 is 1.26 bits per heavy atom. The van der Waals surface area contributed by atoms with Crippen LogP contribution in [0.3, 0.4) is 0 Å². The third-order valence-corrected chi connectivity index (χ3v) is 10.9. The fourth-order valence-electron chi connectivity index (χ4n) is 7.32. The van der Waals surface area contributed by atoms with Crippen molar-refractivity contribution in [2.75, 3.05) is 80.0 Å².